The number of rotatable bonds is 5. The van der Waals surface area contributed by atoms with Gasteiger partial charge in [-0.3, -0.25) is 4.79 Å². The molecule has 0 fully saturated rings. The molecule has 4 nitrogen and oxygen atoms in total. The van der Waals surface area contributed by atoms with Crippen molar-refractivity contribution >= 4 is 5.91 Å². The standard InChI is InChI=1S/C12H18N2O2/c1-3-11(12(14)15)16-10-6-4-5-9(7-10)8(2)13/h4-8,11H,3,13H2,1-2H3,(H2,14,15)/t8-,11?/m1/s1. The lowest BCUT2D eigenvalue weighted by molar-refractivity contribution is -0.124. The van der Waals surface area contributed by atoms with Gasteiger partial charge < -0.3 is 16.2 Å². The Kier molecular flexibility index (Phi) is 4.31. The monoisotopic (exact) mass is 222 g/mol. The molecule has 1 unspecified atom stereocenters. The van der Waals surface area contributed by atoms with Gasteiger partial charge in [0.1, 0.15) is 5.75 Å². The second-order valence-electron chi connectivity index (χ2n) is 3.78. The summed E-state index contributed by atoms with van der Waals surface area (Å²) in [6, 6.07) is 7.33. The third-order valence-electron chi connectivity index (χ3n) is 2.35. The van der Waals surface area contributed by atoms with Crippen molar-refractivity contribution in [1.29, 1.82) is 0 Å². The average molecular weight is 222 g/mol. The van der Waals surface area contributed by atoms with Gasteiger partial charge in [-0.25, -0.2) is 0 Å². The molecule has 1 rings (SSSR count). The van der Waals surface area contributed by atoms with Gasteiger partial charge in [0.05, 0.1) is 0 Å². The van der Waals surface area contributed by atoms with Crippen LogP contribution < -0.4 is 16.2 Å². The van der Waals surface area contributed by atoms with E-state index in [1.807, 2.05) is 32.0 Å². The van der Waals surface area contributed by atoms with E-state index in [0.29, 0.717) is 12.2 Å². The van der Waals surface area contributed by atoms with Crippen LogP contribution in [0, 0.1) is 0 Å². The zero-order chi connectivity index (χ0) is 12.1. The van der Waals surface area contributed by atoms with Crippen LogP contribution in [0.25, 0.3) is 0 Å². The van der Waals surface area contributed by atoms with Gasteiger partial charge in [-0.2, -0.15) is 0 Å². The summed E-state index contributed by atoms with van der Waals surface area (Å²) in [5.74, 6) is 0.175. The molecule has 1 amide bonds. The smallest absolute Gasteiger partial charge is 0.258 e. The molecule has 0 aromatic heterocycles. The molecule has 0 bridgehead atoms. The summed E-state index contributed by atoms with van der Waals surface area (Å²) in [6.07, 6.45) is -0.0269. The molecule has 0 heterocycles. The zero-order valence-electron chi connectivity index (χ0n) is 9.64. The Hall–Kier alpha value is -1.55. The van der Waals surface area contributed by atoms with E-state index in [2.05, 4.69) is 0 Å². The highest BCUT2D eigenvalue weighted by Crippen LogP contribution is 2.19. The molecular formula is C12H18N2O2. The minimum atomic E-state index is -0.580. The van der Waals surface area contributed by atoms with Gasteiger partial charge in [0, 0.05) is 6.04 Å². The van der Waals surface area contributed by atoms with Crippen molar-refractivity contribution in [2.24, 2.45) is 11.5 Å². The first-order chi connectivity index (χ1) is 7.54. The van der Waals surface area contributed by atoms with Crippen molar-refractivity contribution < 1.29 is 9.53 Å². The summed E-state index contributed by atoms with van der Waals surface area (Å²) < 4.78 is 5.49. The van der Waals surface area contributed by atoms with E-state index in [4.69, 9.17) is 16.2 Å². The Labute approximate surface area is 95.6 Å². The fraction of sp³-hybridized carbons (Fsp3) is 0.417. The number of amides is 1. The van der Waals surface area contributed by atoms with E-state index >= 15 is 0 Å². The lowest BCUT2D eigenvalue weighted by atomic mass is 10.1. The molecule has 4 heteroatoms. The van der Waals surface area contributed by atoms with Crippen LogP contribution in [0.5, 0.6) is 5.75 Å². The highest BCUT2D eigenvalue weighted by atomic mass is 16.5. The fourth-order valence-corrected chi connectivity index (χ4v) is 1.38. The quantitative estimate of drug-likeness (QED) is 0.789. The van der Waals surface area contributed by atoms with Crippen molar-refractivity contribution in [1.82, 2.24) is 0 Å². The van der Waals surface area contributed by atoms with Crippen LogP contribution in [0.1, 0.15) is 31.9 Å². The number of carbonyl (C=O) groups excluding carboxylic acids is 1. The first kappa shape index (κ1) is 12.5. The van der Waals surface area contributed by atoms with Gasteiger partial charge in [-0.1, -0.05) is 19.1 Å². The van der Waals surface area contributed by atoms with Crippen LogP contribution in [0.2, 0.25) is 0 Å². The lowest BCUT2D eigenvalue weighted by Crippen LogP contribution is -2.33. The van der Waals surface area contributed by atoms with Gasteiger partial charge in [0.2, 0.25) is 0 Å². The molecular weight excluding hydrogens is 204 g/mol. The zero-order valence-corrected chi connectivity index (χ0v) is 9.64. The average Bonchev–Trinajstić information content (AvgIpc) is 2.25. The molecule has 2 atom stereocenters. The number of primary amides is 1. The molecule has 0 saturated carbocycles. The molecule has 0 aliphatic heterocycles. The molecule has 16 heavy (non-hydrogen) atoms. The summed E-state index contributed by atoms with van der Waals surface area (Å²) in [6.45, 7) is 3.75. The molecule has 0 saturated heterocycles. The fourth-order valence-electron chi connectivity index (χ4n) is 1.38. The highest BCUT2D eigenvalue weighted by molar-refractivity contribution is 5.79. The summed E-state index contributed by atoms with van der Waals surface area (Å²) >= 11 is 0. The van der Waals surface area contributed by atoms with Crippen molar-refractivity contribution in [3.05, 3.63) is 29.8 Å². The summed E-state index contributed by atoms with van der Waals surface area (Å²) in [7, 11) is 0. The Bertz CT molecular complexity index is 364. The SMILES string of the molecule is CCC(Oc1cccc([C@@H](C)N)c1)C(N)=O. The molecule has 0 spiro atoms. The van der Waals surface area contributed by atoms with Gasteiger partial charge >= 0.3 is 0 Å². The van der Waals surface area contributed by atoms with Crippen molar-refractivity contribution in [2.45, 2.75) is 32.4 Å². The number of nitrogens with two attached hydrogens (primary N) is 2. The van der Waals surface area contributed by atoms with E-state index in [0.717, 1.165) is 5.56 Å². The van der Waals surface area contributed by atoms with Crippen LogP contribution in [0.3, 0.4) is 0 Å². The van der Waals surface area contributed by atoms with Crippen LogP contribution >= 0.6 is 0 Å². The largest absolute Gasteiger partial charge is 0.481 e. The Morgan fingerprint density at radius 1 is 1.50 bits per heavy atom. The Morgan fingerprint density at radius 3 is 2.69 bits per heavy atom. The first-order valence-electron chi connectivity index (χ1n) is 5.36. The van der Waals surface area contributed by atoms with Gasteiger partial charge in [0.25, 0.3) is 5.91 Å². The van der Waals surface area contributed by atoms with Gasteiger partial charge in [-0.15, -0.1) is 0 Å². The van der Waals surface area contributed by atoms with Crippen LogP contribution in [0.15, 0.2) is 24.3 Å². The third kappa shape index (κ3) is 3.24. The number of carbonyl (C=O) groups is 1. The maximum absolute atomic E-state index is 11.0. The summed E-state index contributed by atoms with van der Waals surface area (Å²) in [4.78, 5) is 11.0. The number of hydrogen-bond donors (Lipinski definition) is 2. The summed E-state index contributed by atoms with van der Waals surface area (Å²) in [5, 5.41) is 0. The molecule has 1 aromatic carbocycles. The molecule has 0 aliphatic rings. The predicted octanol–water partition coefficient (Wildman–Crippen LogP) is 1.35. The Morgan fingerprint density at radius 2 is 2.19 bits per heavy atom. The van der Waals surface area contributed by atoms with Crippen molar-refractivity contribution in [3.8, 4) is 5.75 Å². The predicted molar refractivity (Wildman–Crippen MR) is 62.9 cm³/mol. The number of ether oxygens (including phenoxy) is 1. The molecule has 0 aliphatic carbocycles. The lowest BCUT2D eigenvalue weighted by Gasteiger charge is -2.15. The molecule has 4 N–H and O–H groups in total. The van der Waals surface area contributed by atoms with E-state index in [1.165, 1.54) is 0 Å². The maximum Gasteiger partial charge on any atom is 0.258 e. The third-order valence-corrected chi connectivity index (χ3v) is 2.35. The van der Waals surface area contributed by atoms with E-state index < -0.39 is 12.0 Å². The van der Waals surface area contributed by atoms with E-state index in [-0.39, 0.29) is 6.04 Å². The van der Waals surface area contributed by atoms with Gasteiger partial charge in [-0.05, 0) is 31.0 Å². The second-order valence-corrected chi connectivity index (χ2v) is 3.78. The highest BCUT2D eigenvalue weighted by Gasteiger charge is 2.14. The molecule has 1 aromatic rings. The van der Waals surface area contributed by atoms with Crippen LogP contribution in [-0.4, -0.2) is 12.0 Å². The normalized spacial score (nSPS) is 14.2. The molecule has 88 valence electrons. The maximum atomic E-state index is 11.0. The molecule has 0 radical (unpaired) electrons. The van der Waals surface area contributed by atoms with E-state index in [9.17, 15) is 4.79 Å². The minimum Gasteiger partial charge on any atom is -0.481 e. The van der Waals surface area contributed by atoms with E-state index in [1.54, 1.807) is 6.07 Å². The van der Waals surface area contributed by atoms with Crippen molar-refractivity contribution in [2.75, 3.05) is 0 Å². The number of benzene rings is 1. The second kappa shape index (κ2) is 5.51. The van der Waals surface area contributed by atoms with Crippen molar-refractivity contribution in [3.63, 3.8) is 0 Å². The first-order valence-corrected chi connectivity index (χ1v) is 5.36. The van der Waals surface area contributed by atoms with Crippen LogP contribution in [-0.2, 0) is 4.79 Å². The Balaban J connectivity index is 2.80. The van der Waals surface area contributed by atoms with Gasteiger partial charge in [0.15, 0.2) is 6.10 Å². The number of hydrogen-bond acceptors (Lipinski definition) is 3. The summed E-state index contributed by atoms with van der Waals surface area (Å²) in [5.41, 5.74) is 11.9. The minimum absolute atomic E-state index is 0.0581. The topological polar surface area (TPSA) is 78.3 Å². The van der Waals surface area contributed by atoms with Crippen LogP contribution in [0.4, 0.5) is 0 Å².